The number of carbonyl (C=O) groups is 1. The van der Waals surface area contributed by atoms with Crippen LogP contribution in [0.15, 0.2) is 0 Å². The molecule has 0 unspecified atom stereocenters. The Labute approximate surface area is 53.8 Å². The van der Waals surface area contributed by atoms with E-state index in [4.69, 9.17) is 0 Å². The molecule has 0 atom stereocenters. The second-order valence-corrected chi connectivity index (χ2v) is 0.746. The predicted molar refractivity (Wildman–Crippen MR) is 19.8 cm³/mol. The first-order valence-corrected chi connectivity index (χ1v) is 1.23. The minimum atomic E-state index is -0.852. The van der Waals surface area contributed by atoms with Crippen LogP contribution in [0.2, 0.25) is 0 Å². The number of hydrogen-bond acceptors (Lipinski definition) is 3. The molecule has 0 aliphatic rings. The van der Waals surface area contributed by atoms with Crippen LogP contribution in [0.3, 0.4) is 0 Å². The van der Waals surface area contributed by atoms with Gasteiger partial charge in [-0.2, -0.15) is 5.12 Å². The molecule has 6 N–H and O–H groups in total. The summed E-state index contributed by atoms with van der Waals surface area (Å²) >= 11 is 0. The Balaban J connectivity index is 0. The zero-order valence-electron chi connectivity index (χ0n) is 3.44. The molecule has 0 heterocycles. The van der Waals surface area contributed by atoms with Gasteiger partial charge in [-0.25, -0.2) is 16.5 Å². The largest absolute Gasteiger partial charge is 0.349 e. The van der Waals surface area contributed by atoms with Crippen LogP contribution in [0, 0.1) is 0 Å². The van der Waals surface area contributed by atoms with E-state index in [2.05, 4.69) is 17.4 Å². The summed E-state index contributed by atoms with van der Waals surface area (Å²) < 4.78 is 0. The van der Waals surface area contributed by atoms with Gasteiger partial charge in [-0.15, -0.1) is 0 Å². The van der Waals surface area contributed by atoms with Gasteiger partial charge in [0.25, 0.3) is 0 Å². The zero-order valence-corrected chi connectivity index (χ0v) is 5.98. The quantitative estimate of drug-likeness (QED) is 0.275. The first-order chi connectivity index (χ1) is 2.64. The van der Waals surface area contributed by atoms with Crippen molar-refractivity contribution in [3.8, 4) is 0 Å². The summed E-state index contributed by atoms with van der Waals surface area (Å²) in [6, 6.07) is -0.852. The number of hydrogen-bond donors (Lipinski definition) is 3. The number of urea groups is 1. The third-order valence-corrected chi connectivity index (χ3v) is 0.254. The molecule has 0 aliphatic heterocycles. The summed E-state index contributed by atoms with van der Waals surface area (Å²) in [7, 11) is 0. The fourth-order valence-corrected chi connectivity index (χ4v) is 0. The molecule has 0 aliphatic carbocycles. The predicted octanol–water partition coefficient (Wildman–Crippen LogP) is -1.89. The minimum absolute atomic E-state index is 0. The molecule has 6 heteroatoms. The molecule has 0 saturated carbocycles. The van der Waals surface area contributed by atoms with E-state index in [-0.39, 0.29) is 19.8 Å². The van der Waals surface area contributed by atoms with Gasteiger partial charge in [0.1, 0.15) is 0 Å². The average Bonchev–Trinajstić information content (AvgIpc) is 1.36. The smallest absolute Gasteiger partial charge is 0.343 e. The van der Waals surface area contributed by atoms with Gasteiger partial charge in [0.2, 0.25) is 0 Å². The van der Waals surface area contributed by atoms with Crippen molar-refractivity contribution >= 4 is 6.03 Å². The van der Waals surface area contributed by atoms with E-state index >= 15 is 0 Å². The van der Waals surface area contributed by atoms with Crippen molar-refractivity contribution in [1.29, 1.82) is 0 Å². The molecule has 5 nitrogen and oxygen atoms in total. The SMILES string of the molecule is NC(=O)N(N)N.[Os]. The van der Waals surface area contributed by atoms with Crippen molar-refractivity contribution in [3.63, 3.8) is 0 Å². The van der Waals surface area contributed by atoms with Crippen LogP contribution in [0.25, 0.3) is 0 Å². The number of rotatable bonds is 0. The van der Waals surface area contributed by atoms with Crippen LogP contribution >= 0.6 is 0 Å². The minimum Gasteiger partial charge on any atom is -0.349 e. The number of primary amides is 1. The number of nitrogens with zero attached hydrogens (tertiary/aromatic N) is 1. The molecule has 0 radical (unpaired) electrons. The maximum Gasteiger partial charge on any atom is 0.343 e. The van der Waals surface area contributed by atoms with Crippen LogP contribution in [-0.2, 0) is 19.8 Å². The van der Waals surface area contributed by atoms with Crippen LogP contribution in [0.4, 0.5) is 4.79 Å². The Morgan fingerprint density at radius 2 is 1.57 bits per heavy atom. The average molecular weight is 280 g/mol. The maximum atomic E-state index is 9.60. The fraction of sp³-hybridized carbons (Fsp3) is 0. The Morgan fingerprint density at radius 3 is 1.57 bits per heavy atom. The van der Waals surface area contributed by atoms with Gasteiger partial charge in [0.15, 0.2) is 0 Å². The van der Waals surface area contributed by atoms with Gasteiger partial charge in [-0.1, -0.05) is 0 Å². The molecular weight excluding hydrogens is 274 g/mol. The van der Waals surface area contributed by atoms with Crippen molar-refractivity contribution in [2.24, 2.45) is 17.4 Å². The molecule has 7 heavy (non-hydrogen) atoms. The van der Waals surface area contributed by atoms with Gasteiger partial charge in [0, 0.05) is 19.8 Å². The number of carbonyl (C=O) groups excluding carboxylic acids is 1. The summed E-state index contributed by atoms with van der Waals surface area (Å²) in [5.41, 5.74) is 4.47. The van der Waals surface area contributed by atoms with Crippen LogP contribution in [0.1, 0.15) is 0 Å². The Morgan fingerprint density at radius 1 is 1.43 bits per heavy atom. The Bertz CT molecular complexity index is 62.7. The molecule has 0 rings (SSSR count). The van der Waals surface area contributed by atoms with E-state index in [0.29, 0.717) is 5.12 Å². The summed E-state index contributed by atoms with van der Waals surface area (Å²) in [5, 5.41) is 0.306. The van der Waals surface area contributed by atoms with E-state index in [1.54, 1.807) is 0 Å². The Kier molecular flexibility index (Phi) is 5.68. The van der Waals surface area contributed by atoms with Crippen LogP contribution < -0.4 is 17.4 Å². The zero-order chi connectivity index (χ0) is 5.15. The first kappa shape index (κ1) is 9.95. The summed E-state index contributed by atoms with van der Waals surface area (Å²) in [4.78, 5) is 9.60. The topological polar surface area (TPSA) is 98.4 Å². The molecule has 0 spiro atoms. The van der Waals surface area contributed by atoms with E-state index < -0.39 is 6.03 Å². The van der Waals surface area contributed by atoms with Gasteiger partial charge in [0.05, 0.1) is 0 Å². The molecule has 0 bridgehead atoms. The van der Waals surface area contributed by atoms with E-state index in [0.717, 1.165) is 0 Å². The monoisotopic (exact) mass is 282 g/mol. The number of amides is 2. The molecule has 0 aromatic carbocycles. The third kappa shape index (κ3) is 5.83. The van der Waals surface area contributed by atoms with Crippen molar-refractivity contribution < 1.29 is 24.6 Å². The van der Waals surface area contributed by atoms with Crippen LogP contribution in [0.5, 0.6) is 0 Å². The molecule has 44 valence electrons. The molecule has 0 aromatic rings. The first-order valence-electron chi connectivity index (χ1n) is 1.23. The standard InChI is InChI=1S/CH6N4O.Os/c2-1(6)5(3)4;/h3-4H2,(H2,2,6);. The Hall–Kier alpha value is -0.174. The fourth-order valence-electron chi connectivity index (χ4n) is 0. The number of hydrazine groups is 2. The van der Waals surface area contributed by atoms with Gasteiger partial charge in [-0.3, -0.25) is 0 Å². The van der Waals surface area contributed by atoms with Crippen molar-refractivity contribution in [3.05, 3.63) is 0 Å². The molecular formula is CH6N4OOs. The molecule has 0 saturated heterocycles. The van der Waals surface area contributed by atoms with Crippen molar-refractivity contribution in [2.75, 3.05) is 0 Å². The molecule has 0 fully saturated rings. The third-order valence-electron chi connectivity index (χ3n) is 0.254. The second-order valence-electron chi connectivity index (χ2n) is 0.746. The summed E-state index contributed by atoms with van der Waals surface area (Å²) in [6.07, 6.45) is 0. The summed E-state index contributed by atoms with van der Waals surface area (Å²) in [6.45, 7) is 0. The normalized spacial score (nSPS) is 6.57. The van der Waals surface area contributed by atoms with Crippen molar-refractivity contribution in [2.45, 2.75) is 0 Å². The summed E-state index contributed by atoms with van der Waals surface area (Å²) in [5.74, 6) is 9.14. The number of nitrogens with two attached hydrogens (primary N) is 3. The van der Waals surface area contributed by atoms with Crippen molar-refractivity contribution in [1.82, 2.24) is 5.12 Å². The van der Waals surface area contributed by atoms with Crippen LogP contribution in [-0.4, -0.2) is 11.1 Å². The van der Waals surface area contributed by atoms with Gasteiger partial charge in [-0.05, 0) is 0 Å². The van der Waals surface area contributed by atoms with E-state index in [1.807, 2.05) is 0 Å². The van der Waals surface area contributed by atoms with E-state index in [1.165, 1.54) is 0 Å². The van der Waals surface area contributed by atoms with Gasteiger partial charge < -0.3 is 5.73 Å². The van der Waals surface area contributed by atoms with Gasteiger partial charge >= 0.3 is 6.03 Å². The molecule has 0 aromatic heterocycles. The van der Waals surface area contributed by atoms with E-state index in [9.17, 15) is 4.79 Å². The second kappa shape index (κ2) is 4.00. The maximum absolute atomic E-state index is 9.60. The molecule has 2 amide bonds.